The summed E-state index contributed by atoms with van der Waals surface area (Å²) >= 11 is 0. The van der Waals surface area contributed by atoms with Crippen LogP contribution in [0.1, 0.15) is 32.6 Å². The molecule has 6 nitrogen and oxygen atoms in total. The van der Waals surface area contributed by atoms with Crippen molar-refractivity contribution in [3.05, 3.63) is 0 Å². The largest absolute Gasteiger partial charge is 0.480 e. The third-order valence-corrected chi connectivity index (χ3v) is 3.77. The third-order valence-electron chi connectivity index (χ3n) is 3.77. The maximum Gasteiger partial charge on any atom is 0.323 e. The van der Waals surface area contributed by atoms with Crippen LogP contribution in [0.3, 0.4) is 0 Å². The van der Waals surface area contributed by atoms with Gasteiger partial charge in [0.2, 0.25) is 0 Å². The number of urea groups is 1. The molecule has 0 radical (unpaired) electrons. The summed E-state index contributed by atoms with van der Waals surface area (Å²) in [5, 5.41) is 11.7. The first-order valence-electron chi connectivity index (χ1n) is 7.26. The quantitative estimate of drug-likeness (QED) is 0.744. The van der Waals surface area contributed by atoms with Gasteiger partial charge in [0.1, 0.15) is 6.54 Å². The van der Waals surface area contributed by atoms with Crippen molar-refractivity contribution in [2.45, 2.75) is 32.6 Å². The molecule has 0 aliphatic heterocycles. The van der Waals surface area contributed by atoms with E-state index in [-0.39, 0.29) is 19.1 Å². The van der Waals surface area contributed by atoms with Gasteiger partial charge in [-0.15, -0.1) is 0 Å². The van der Waals surface area contributed by atoms with Gasteiger partial charge in [0.15, 0.2) is 0 Å². The summed E-state index contributed by atoms with van der Waals surface area (Å²) < 4.78 is 4.90. The number of carbonyl (C=O) groups excluding carboxylic acids is 1. The van der Waals surface area contributed by atoms with Crippen LogP contribution in [-0.4, -0.2) is 55.4 Å². The molecule has 2 atom stereocenters. The molecule has 1 fully saturated rings. The second kappa shape index (κ2) is 8.79. The molecule has 0 saturated heterocycles. The number of carbonyl (C=O) groups is 2. The van der Waals surface area contributed by atoms with Crippen molar-refractivity contribution in [3.63, 3.8) is 0 Å². The molecule has 0 aromatic carbocycles. The second-order valence-corrected chi connectivity index (χ2v) is 5.63. The summed E-state index contributed by atoms with van der Waals surface area (Å²) in [5.41, 5.74) is 0. The Balaban J connectivity index is 2.37. The van der Waals surface area contributed by atoms with Gasteiger partial charge in [-0.3, -0.25) is 4.79 Å². The normalized spacial score (nSPS) is 22.3. The Labute approximate surface area is 120 Å². The first-order chi connectivity index (χ1) is 9.52. The monoisotopic (exact) mass is 286 g/mol. The molecule has 2 amide bonds. The van der Waals surface area contributed by atoms with Gasteiger partial charge in [0, 0.05) is 20.2 Å². The number of carboxylic acid groups (broad SMARTS) is 1. The Kier molecular flexibility index (Phi) is 7.36. The van der Waals surface area contributed by atoms with Crippen LogP contribution in [0.15, 0.2) is 0 Å². The van der Waals surface area contributed by atoms with Crippen LogP contribution in [0.2, 0.25) is 0 Å². The van der Waals surface area contributed by atoms with Gasteiger partial charge in [-0.05, 0) is 24.7 Å². The Bertz CT molecular complexity index is 322. The summed E-state index contributed by atoms with van der Waals surface area (Å²) in [6.45, 7) is 3.20. The highest BCUT2D eigenvalue weighted by molar-refractivity contribution is 5.80. The van der Waals surface area contributed by atoms with E-state index in [0.717, 1.165) is 12.8 Å². The first kappa shape index (κ1) is 16.8. The fourth-order valence-electron chi connectivity index (χ4n) is 2.71. The Morgan fingerprint density at radius 1 is 1.40 bits per heavy atom. The average Bonchev–Trinajstić information content (AvgIpc) is 2.40. The highest BCUT2D eigenvalue weighted by Gasteiger charge is 2.21. The molecular weight excluding hydrogens is 260 g/mol. The van der Waals surface area contributed by atoms with Crippen molar-refractivity contribution in [1.29, 1.82) is 0 Å². The maximum absolute atomic E-state index is 12.0. The Hall–Kier alpha value is -1.30. The van der Waals surface area contributed by atoms with E-state index >= 15 is 0 Å². The number of ether oxygens (including phenoxy) is 1. The van der Waals surface area contributed by atoms with E-state index < -0.39 is 5.97 Å². The molecule has 0 aromatic rings. The second-order valence-electron chi connectivity index (χ2n) is 5.63. The third kappa shape index (κ3) is 6.23. The van der Waals surface area contributed by atoms with Crippen molar-refractivity contribution in [2.24, 2.45) is 11.8 Å². The van der Waals surface area contributed by atoms with Crippen molar-refractivity contribution >= 4 is 12.0 Å². The van der Waals surface area contributed by atoms with Crippen LogP contribution in [0.5, 0.6) is 0 Å². The lowest BCUT2D eigenvalue weighted by Gasteiger charge is -2.28. The van der Waals surface area contributed by atoms with Crippen molar-refractivity contribution in [2.75, 3.05) is 33.4 Å². The number of nitrogens with one attached hydrogen (secondary N) is 1. The standard InChI is InChI=1S/C14H26N2O4/c1-11-4-3-5-12(8-11)9-15-14(19)16(6-7-20-2)10-13(17)18/h11-12H,3-10H2,1-2H3,(H,15,19)(H,17,18). The van der Waals surface area contributed by atoms with Crippen molar-refractivity contribution in [3.8, 4) is 0 Å². The number of nitrogens with zero attached hydrogens (tertiary/aromatic N) is 1. The van der Waals surface area contributed by atoms with E-state index in [2.05, 4.69) is 12.2 Å². The summed E-state index contributed by atoms with van der Waals surface area (Å²) in [7, 11) is 1.53. The molecule has 1 aliphatic rings. The molecule has 116 valence electrons. The fourth-order valence-corrected chi connectivity index (χ4v) is 2.71. The smallest absolute Gasteiger partial charge is 0.323 e. The molecule has 20 heavy (non-hydrogen) atoms. The van der Waals surface area contributed by atoms with Crippen molar-refractivity contribution < 1.29 is 19.4 Å². The SMILES string of the molecule is COCCN(CC(=O)O)C(=O)NCC1CCCC(C)C1. The van der Waals surface area contributed by atoms with Gasteiger partial charge in [-0.2, -0.15) is 0 Å². The van der Waals surface area contributed by atoms with Gasteiger partial charge < -0.3 is 20.1 Å². The topological polar surface area (TPSA) is 78.9 Å². The summed E-state index contributed by atoms with van der Waals surface area (Å²) in [6, 6.07) is -0.317. The van der Waals surface area contributed by atoms with Gasteiger partial charge in [0.05, 0.1) is 6.61 Å². The molecule has 1 saturated carbocycles. The lowest BCUT2D eigenvalue weighted by molar-refractivity contribution is -0.137. The van der Waals surface area contributed by atoms with E-state index in [1.165, 1.54) is 24.9 Å². The minimum absolute atomic E-state index is 0.287. The molecule has 0 heterocycles. The molecule has 6 heteroatoms. The van der Waals surface area contributed by atoms with Crippen LogP contribution in [-0.2, 0) is 9.53 Å². The first-order valence-corrected chi connectivity index (χ1v) is 7.26. The maximum atomic E-state index is 12.0. The summed E-state index contributed by atoms with van der Waals surface area (Å²) in [5.74, 6) is 0.216. The zero-order valence-corrected chi connectivity index (χ0v) is 12.4. The average molecular weight is 286 g/mol. The number of aliphatic carboxylic acids is 1. The van der Waals surface area contributed by atoms with Crippen LogP contribution in [0, 0.1) is 11.8 Å². The Morgan fingerprint density at radius 2 is 2.15 bits per heavy atom. The number of hydrogen-bond donors (Lipinski definition) is 2. The molecule has 1 aliphatic carbocycles. The number of amides is 2. The van der Waals surface area contributed by atoms with Gasteiger partial charge in [-0.25, -0.2) is 4.79 Å². The van der Waals surface area contributed by atoms with E-state index in [9.17, 15) is 9.59 Å². The zero-order valence-electron chi connectivity index (χ0n) is 12.4. The minimum atomic E-state index is -1.01. The van der Waals surface area contributed by atoms with E-state index in [4.69, 9.17) is 9.84 Å². The van der Waals surface area contributed by atoms with E-state index in [1.807, 2.05) is 0 Å². The highest BCUT2D eigenvalue weighted by atomic mass is 16.5. The molecule has 0 aromatic heterocycles. The van der Waals surface area contributed by atoms with Crippen molar-refractivity contribution in [1.82, 2.24) is 10.2 Å². The fraction of sp³-hybridized carbons (Fsp3) is 0.857. The molecule has 0 spiro atoms. The molecule has 1 rings (SSSR count). The number of carboxylic acids is 1. The molecule has 2 N–H and O–H groups in total. The molecule has 0 bridgehead atoms. The number of rotatable bonds is 7. The van der Waals surface area contributed by atoms with Gasteiger partial charge in [-0.1, -0.05) is 19.8 Å². The van der Waals surface area contributed by atoms with Crippen LogP contribution < -0.4 is 5.32 Å². The lowest BCUT2D eigenvalue weighted by Crippen LogP contribution is -2.45. The van der Waals surface area contributed by atoms with Gasteiger partial charge >= 0.3 is 12.0 Å². The minimum Gasteiger partial charge on any atom is -0.480 e. The summed E-state index contributed by atoms with van der Waals surface area (Å²) in [4.78, 5) is 24.0. The lowest BCUT2D eigenvalue weighted by atomic mass is 9.82. The highest BCUT2D eigenvalue weighted by Crippen LogP contribution is 2.27. The van der Waals surface area contributed by atoms with Crippen LogP contribution >= 0.6 is 0 Å². The number of hydrogen-bond acceptors (Lipinski definition) is 3. The van der Waals surface area contributed by atoms with Crippen LogP contribution in [0.4, 0.5) is 4.79 Å². The molecular formula is C14H26N2O4. The van der Waals surface area contributed by atoms with E-state index in [1.54, 1.807) is 0 Å². The van der Waals surface area contributed by atoms with Crippen LogP contribution in [0.25, 0.3) is 0 Å². The van der Waals surface area contributed by atoms with E-state index in [0.29, 0.717) is 25.0 Å². The van der Waals surface area contributed by atoms with Gasteiger partial charge in [0.25, 0.3) is 0 Å². The zero-order chi connectivity index (χ0) is 15.0. The predicted molar refractivity (Wildman–Crippen MR) is 75.6 cm³/mol. The predicted octanol–water partition coefficient (Wildman–Crippen LogP) is 1.56. The summed E-state index contributed by atoms with van der Waals surface area (Å²) in [6.07, 6.45) is 4.76. The number of methoxy groups -OCH3 is 1. The Morgan fingerprint density at radius 3 is 2.75 bits per heavy atom. The molecule has 2 unspecified atom stereocenters.